The molecule has 0 fully saturated rings. The molecule has 1 N–H and O–H groups in total. The first-order chi connectivity index (χ1) is 9.65. The van der Waals surface area contributed by atoms with Crippen LogP contribution in [0.2, 0.25) is 0 Å². The van der Waals surface area contributed by atoms with Crippen LogP contribution in [-0.4, -0.2) is 49.9 Å². The standard InChI is InChI=1S/C14H21N5O/c1-12(20)8-9-18(2)11-14-15-16-17-19(14)10-13-6-4-3-5-7-13/h3-7,12,20H,8-11H2,1-2H3. The smallest absolute Gasteiger partial charge is 0.165 e. The topological polar surface area (TPSA) is 67.1 Å². The molecule has 2 aromatic rings. The molecule has 0 aliphatic heterocycles. The summed E-state index contributed by atoms with van der Waals surface area (Å²) in [5.74, 6) is 0.835. The number of aromatic nitrogens is 4. The Labute approximate surface area is 119 Å². The van der Waals surface area contributed by atoms with Crippen LogP contribution >= 0.6 is 0 Å². The maximum atomic E-state index is 9.30. The van der Waals surface area contributed by atoms with Gasteiger partial charge in [-0.05, 0) is 36.4 Å². The van der Waals surface area contributed by atoms with Gasteiger partial charge in [-0.1, -0.05) is 30.3 Å². The number of hydrogen-bond donors (Lipinski definition) is 1. The molecular weight excluding hydrogens is 254 g/mol. The first-order valence-corrected chi connectivity index (χ1v) is 6.80. The van der Waals surface area contributed by atoms with Crippen molar-refractivity contribution in [1.29, 1.82) is 0 Å². The van der Waals surface area contributed by atoms with Gasteiger partial charge in [-0.25, -0.2) is 4.68 Å². The monoisotopic (exact) mass is 275 g/mol. The third kappa shape index (κ3) is 4.40. The van der Waals surface area contributed by atoms with E-state index >= 15 is 0 Å². The van der Waals surface area contributed by atoms with E-state index in [9.17, 15) is 5.11 Å². The SMILES string of the molecule is CC(O)CCN(C)Cc1nnnn1Cc1ccccc1. The van der Waals surface area contributed by atoms with E-state index in [4.69, 9.17) is 0 Å². The second kappa shape index (κ2) is 7.12. The number of rotatable bonds is 7. The van der Waals surface area contributed by atoms with E-state index < -0.39 is 0 Å². The van der Waals surface area contributed by atoms with Crippen molar-refractivity contribution in [3.8, 4) is 0 Å². The zero-order valence-electron chi connectivity index (χ0n) is 12.0. The molecule has 1 atom stereocenters. The Morgan fingerprint density at radius 3 is 2.75 bits per heavy atom. The summed E-state index contributed by atoms with van der Waals surface area (Å²) in [7, 11) is 2.00. The Hall–Kier alpha value is -1.79. The molecule has 0 spiro atoms. The molecule has 0 aliphatic rings. The average molecular weight is 275 g/mol. The number of tetrazole rings is 1. The third-order valence-corrected chi connectivity index (χ3v) is 3.12. The summed E-state index contributed by atoms with van der Waals surface area (Å²) < 4.78 is 1.81. The summed E-state index contributed by atoms with van der Waals surface area (Å²) in [5, 5.41) is 21.2. The Kier molecular flexibility index (Phi) is 5.20. The molecule has 108 valence electrons. The fraction of sp³-hybridized carbons (Fsp3) is 0.500. The Bertz CT molecular complexity index is 511. The van der Waals surface area contributed by atoms with E-state index in [0.29, 0.717) is 13.1 Å². The van der Waals surface area contributed by atoms with Crippen LogP contribution in [0.1, 0.15) is 24.7 Å². The minimum absolute atomic E-state index is 0.280. The summed E-state index contributed by atoms with van der Waals surface area (Å²) in [6, 6.07) is 10.1. The molecule has 0 aliphatic carbocycles. The predicted molar refractivity (Wildman–Crippen MR) is 76.0 cm³/mol. The Morgan fingerprint density at radius 2 is 2.05 bits per heavy atom. The van der Waals surface area contributed by atoms with Crippen LogP contribution in [0.15, 0.2) is 30.3 Å². The van der Waals surface area contributed by atoms with E-state index in [1.54, 1.807) is 6.92 Å². The molecule has 6 heteroatoms. The van der Waals surface area contributed by atoms with Gasteiger partial charge in [0.1, 0.15) is 0 Å². The van der Waals surface area contributed by atoms with Gasteiger partial charge < -0.3 is 5.11 Å². The van der Waals surface area contributed by atoms with Gasteiger partial charge >= 0.3 is 0 Å². The molecule has 0 saturated heterocycles. The van der Waals surface area contributed by atoms with Crippen LogP contribution in [0.25, 0.3) is 0 Å². The van der Waals surface area contributed by atoms with Crippen LogP contribution in [-0.2, 0) is 13.1 Å². The Morgan fingerprint density at radius 1 is 1.30 bits per heavy atom. The number of benzene rings is 1. The van der Waals surface area contributed by atoms with Crippen molar-refractivity contribution in [3.63, 3.8) is 0 Å². The van der Waals surface area contributed by atoms with E-state index in [-0.39, 0.29) is 6.10 Å². The van der Waals surface area contributed by atoms with E-state index in [1.807, 2.05) is 29.9 Å². The normalized spacial score (nSPS) is 12.8. The molecule has 0 bridgehead atoms. The van der Waals surface area contributed by atoms with Gasteiger partial charge in [-0.2, -0.15) is 0 Å². The molecular formula is C14H21N5O. The second-order valence-electron chi connectivity index (χ2n) is 5.11. The van der Waals surface area contributed by atoms with Gasteiger partial charge in [0.15, 0.2) is 5.82 Å². The molecule has 0 amide bonds. The van der Waals surface area contributed by atoms with Crippen LogP contribution in [0.3, 0.4) is 0 Å². The van der Waals surface area contributed by atoms with E-state index in [0.717, 1.165) is 18.8 Å². The van der Waals surface area contributed by atoms with Crippen LogP contribution in [0, 0.1) is 0 Å². The maximum absolute atomic E-state index is 9.30. The lowest BCUT2D eigenvalue weighted by Crippen LogP contribution is -2.24. The van der Waals surface area contributed by atoms with Crippen molar-refractivity contribution < 1.29 is 5.11 Å². The lowest BCUT2D eigenvalue weighted by atomic mass is 10.2. The molecule has 1 heterocycles. The molecule has 1 unspecified atom stereocenters. The van der Waals surface area contributed by atoms with Gasteiger partial charge in [0.2, 0.25) is 0 Å². The zero-order chi connectivity index (χ0) is 14.4. The van der Waals surface area contributed by atoms with E-state index in [1.165, 1.54) is 5.56 Å². The van der Waals surface area contributed by atoms with Crippen molar-refractivity contribution in [2.45, 2.75) is 32.5 Å². The van der Waals surface area contributed by atoms with Crippen molar-refractivity contribution in [3.05, 3.63) is 41.7 Å². The highest BCUT2D eigenvalue weighted by Crippen LogP contribution is 2.05. The molecule has 6 nitrogen and oxygen atoms in total. The molecule has 1 aromatic carbocycles. The summed E-state index contributed by atoms with van der Waals surface area (Å²) >= 11 is 0. The van der Waals surface area contributed by atoms with Gasteiger partial charge in [0.25, 0.3) is 0 Å². The average Bonchev–Trinajstić information content (AvgIpc) is 2.85. The lowest BCUT2D eigenvalue weighted by Gasteiger charge is -2.16. The predicted octanol–water partition coefficient (Wildman–Crippen LogP) is 0.924. The summed E-state index contributed by atoms with van der Waals surface area (Å²) in [4.78, 5) is 2.11. The molecule has 0 radical (unpaired) electrons. The summed E-state index contributed by atoms with van der Waals surface area (Å²) in [5.41, 5.74) is 1.17. The van der Waals surface area contributed by atoms with Crippen molar-refractivity contribution in [2.24, 2.45) is 0 Å². The summed E-state index contributed by atoms with van der Waals surface area (Å²) in [6.45, 7) is 3.96. The number of aliphatic hydroxyl groups is 1. The highest BCUT2D eigenvalue weighted by Gasteiger charge is 2.10. The van der Waals surface area contributed by atoms with Gasteiger partial charge in [0.05, 0.1) is 19.2 Å². The van der Waals surface area contributed by atoms with Crippen LogP contribution in [0.4, 0.5) is 0 Å². The van der Waals surface area contributed by atoms with Crippen molar-refractivity contribution >= 4 is 0 Å². The fourth-order valence-corrected chi connectivity index (χ4v) is 1.94. The Balaban J connectivity index is 1.95. The third-order valence-electron chi connectivity index (χ3n) is 3.12. The quantitative estimate of drug-likeness (QED) is 0.814. The first-order valence-electron chi connectivity index (χ1n) is 6.80. The molecule has 0 saturated carbocycles. The van der Waals surface area contributed by atoms with Crippen LogP contribution < -0.4 is 0 Å². The summed E-state index contributed by atoms with van der Waals surface area (Å²) in [6.07, 6.45) is 0.467. The highest BCUT2D eigenvalue weighted by atomic mass is 16.3. The second-order valence-corrected chi connectivity index (χ2v) is 5.11. The number of nitrogens with zero attached hydrogens (tertiary/aromatic N) is 5. The van der Waals surface area contributed by atoms with Gasteiger partial charge in [-0.15, -0.1) is 5.10 Å². The number of hydrogen-bond acceptors (Lipinski definition) is 5. The van der Waals surface area contributed by atoms with Crippen molar-refractivity contribution in [1.82, 2.24) is 25.1 Å². The van der Waals surface area contributed by atoms with Gasteiger partial charge in [-0.3, -0.25) is 4.90 Å². The molecule has 1 aromatic heterocycles. The van der Waals surface area contributed by atoms with Gasteiger partial charge in [0, 0.05) is 6.54 Å². The van der Waals surface area contributed by atoms with Crippen LogP contribution in [0.5, 0.6) is 0 Å². The largest absolute Gasteiger partial charge is 0.393 e. The maximum Gasteiger partial charge on any atom is 0.165 e. The molecule has 20 heavy (non-hydrogen) atoms. The minimum atomic E-state index is -0.280. The lowest BCUT2D eigenvalue weighted by molar-refractivity contribution is 0.161. The fourth-order valence-electron chi connectivity index (χ4n) is 1.94. The first kappa shape index (κ1) is 14.6. The van der Waals surface area contributed by atoms with Crippen molar-refractivity contribution in [2.75, 3.05) is 13.6 Å². The molecule has 2 rings (SSSR count). The van der Waals surface area contributed by atoms with E-state index in [2.05, 4.69) is 32.6 Å². The number of aliphatic hydroxyl groups excluding tert-OH is 1. The highest BCUT2D eigenvalue weighted by molar-refractivity contribution is 5.14. The minimum Gasteiger partial charge on any atom is -0.393 e. The zero-order valence-corrected chi connectivity index (χ0v) is 12.0.